The largest absolute Gasteiger partial charge is 0.478 e. The van der Waals surface area contributed by atoms with Crippen LogP contribution in [0.2, 0.25) is 0 Å². The van der Waals surface area contributed by atoms with Crippen LogP contribution in [0.25, 0.3) is 0 Å². The summed E-state index contributed by atoms with van der Waals surface area (Å²) in [5.74, 6) is -0.851. The molecule has 0 radical (unpaired) electrons. The van der Waals surface area contributed by atoms with Gasteiger partial charge in [-0.3, -0.25) is 0 Å². The minimum Gasteiger partial charge on any atom is -0.478 e. The maximum absolute atomic E-state index is 10.8. The van der Waals surface area contributed by atoms with Crippen molar-refractivity contribution in [2.45, 2.75) is 6.54 Å². The van der Waals surface area contributed by atoms with E-state index < -0.39 is 5.97 Å². The van der Waals surface area contributed by atoms with Gasteiger partial charge in [-0.15, -0.1) is 5.10 Å². The van der Waals surface area contributed by atoms with Gasteiger partial charge in [-0.1, -0.05) is 5.16 Å². The highest BCUT2D eigenvalue weighted by molar-refractivity contribution is 5.92. The van der Waals surface area contributed by atoms with E-state index in [4.69, 9.17) is 5.11 Å². The number of rotatable bonds is 4. The molecule has 0 aliphatic rings. The zero-order chi connectivity index (χ0) is 11.4. The standard InChI is InChI=1S/C9H8N4O3/c14-9(15)7-1-3-11-12-8(7)10-5-6-2-4-16-13-6/h1-4H,5H2,(H,10,12)(H,14,15). The van der Waals surface area contributed by atoms with Crippen molar-refractivity contribution in [3.8, 4) is 0 Å². The van der Waals surface area contributed by atoms with Gasteiger partial charge in [0.05, 0.1) is 12.7 Å². The van der Waals surface area contributed by atoms with Crippen molar-refractivity contribution < 1.29 is 14.4 Å². The zero-order valence-electron chi connectivity index (χ0n) is 8.12. The molecule has 2 aromatic rings. The number of anilines is 1. The molecular formula is C9H8N4O3. The summed E-state index contributed by atoms with van der Waals surface area (Å²) in [4.78, 5) is 10.8. The summed E-state index contributed by atoms with van der Waals surface area (Å²) < 4.78 is 4.64. The Morgan fingerprint density at radius 3 is 3.06 bits per heavy atom. The summed E-state index contributed by atoms with van der Waals surface area (Å²) in [6.45, 7) is 0.329. The minimum atomic E-state index is -1.06. The van der Waals surface area contributed by atoms with Crippen molar-refractivity contribution in [2.24, 2.45) is 0 Å². The molecule has 0 fully saturated rings. The van der Waals surface area contributed by atoms with E-state index in [2.05, 4.69) is 25.2 Å². The molecule has 2 rings (SSSR count). The minimum absolute atomic E-state index is 0.0681. The molecule has 2 aromatic heterocycles. The molecule has 2 N–H and O–H groups in total. The molecule has 0 saturated carbocycles. The van der Waals surface area contributed by atoms with Crippen molar-refractivity contribution in [1.29, 1.82) is 0 Å². The van der Waals surface area contributed by atoms with E-state index in [0.29, 0.717) is 12.2 Å². The van der Waals surface area contributed by atoms with Crippen LogP contribution in [0, 0.1) is 0 Å². The van der Waals surface area contributed by atoms with Crippen LogP contribution < -0.4 is 5.32 Å². The van der Waals surface area contributed by atoms with E-state index in [-0.39, 0.29) is 11.4 Å². The number of carbonyl (C=O) groups is 1. The SMILES string of the molecule is O=C(O)c1ccnnc1NCc1ccon1. The van der Waals surface area contributed by atoms with Gasteiger partial charge in [-0.05, 0) is 6.07 Å². The highest BCUT2D eigenvalue weighted by Crippen LogP contribution is 2.10. The second-order valence-corrected chi connectivity index (χ2v) is 2.94. The first-order valence-electron chi connectivity index (χ1n) is 4.45. The fourth-order valence-corrected chi connectivity index (χ4v) is 1.14. The van der Waals surface area contributed by atoms with Crippen molar-refractivity contribution in [1.82, 2.24) is 15.4 Å². The van der Waals surface area contributed by atoms with Gasteiger partial charge in [0.25, 0.3) is 0 Å². The Hall–Kier alpha value is -2.44. The van der Waals surface area contributed by atoms with Gasteiger partial charge in [-0.25, -0.2) is 4.79 Å². The van der Waals surface area contributed by atoms with Gasteiger partial charge in [-0.2, -0.15) is 5.10 Å². The first-order chi connectivity index (χ1) is 7.77. The second-order valence-electron chi connectivity index (χ2n) is 2.94. The fourth-order valence-electron chi connectivity index (χ4n) is 1.14. The van der Waals surface area contributed by atoms with Gasteiger partial charge < -0.3 is 14.9 Å². The molecule has 16 heavy (non-hydrogen) atoms. The molecule has 0 aliphatic carbocycles. The average molecular weight is 220 g/mol. The lowest BCUT2D eigenvalue weighted by Crippen LogP contribution is -2.09. The number of carboxylic acids is 1. The lowest BCUT2D eigenvalue weighted by atomic mass is 10.3. The van der Waals surface area contributed by atoms with Crippen LogP contribution in [0.15, 0.2) is 29.1 Å². The third-order valence-electron chi connectivity index (χ3n) is 1.88. The van der Waals surface area contributed by atoms with Crippen molar-refractivity contribution in [2.75, 3.05) is 5.32 Å². The van der Waals surface area contributed by atoms with Gasteiger partial charge in [0, 0.05) is 6.07 Å². The van der Waals surface area contributed by atoms with Gasteiger partial charge >= 0.3 is 5.97 Å². The summed E-state index contributed by atoms with van der Waals surface area (Å²) in [6.07, 6.45) is 2.76. The summed E-state index contributed by atoms with van der Waals surface area (Å²) >= 11 is 0. The maximum atomic E-state index is 10.8. The van der Waals surface area contributed by atoms with Crippen LogP contribution in [0.5, 0.6) is 0 Å². The number of aromatic nitrogens is 3. The predicted molar refractivity (Wildman–Crippen MR) is 52.8 cm³/mol. The Bertz CT molecular complexity index is 483. The van der Waals surface area contributed by atoms with Crippen LogP contribution in [-0.4, -0.2) is 26.4 Å². The van der Waals surface area contributed by atoms with Gasteiger partial charge in [0.15, 0.2) is 5.82 Å². The summed E-state index contributed by atoms with van der Waals surface area (Å²) in [5, 5.41) is 22.7. The molecule has 0 aromatic carbocycles. The highest BCUT2D eigenvalue weighted by Gasteiger charge is 2.11. The Morgan fingerprint density at radius 2 is 2.38 bits per heavy atom. The van der Waals surface area contributed by atoms with Crippen LogP contribution >= 0.6 is 0 Å². The second kappa shape index (κ2) is 4.39. The molecule has 0 bridgehead atoms. The lowest BCUT2D eigenvalue weighted by molar-refractivity contribution is 0.0697. The monoisotopic (exact) mass is 220 g/mol. The van der Waals surface area contributed by atoms with Crippen LogP contribution in [0.3, 0.4) is 0 Å². The molecule has 0 atom stereocenters. The molecule has 0 saturated heterocycles. The molecule has 0 amide bonds. The van der Waals surface area contributed by atoms with E-state index in [1.165, 1.54) is 18.5 Å². The molecule has 7 nitrogen and oxygen atoms in total. The van der Waals surface area contributed by atoms with E-state index in [9.17, 15) is 4.79 Å². The predicted octanol–water partition coefficient (Wildman–Crippen LogP) is 0.775. The van der Waals surface area contributed by atoms with E-state index in [1.807, 2.05) is 0 Å². The van der Waals surface area contributed by atoms with Gasteiger partial charge in [0.1, 0.15) is 17.5 Å². The number of hydrogen-bond acceptors (Lipinski definition) is 6. The number of nitrogens with one attached hydrogen (secondary N) is 1. The first kappa shape index (κ1) is 10.1. The molecule has 2 heterocycles. The fraction of sp³-hybridized carbons (Fsp3) is 0.111. The maximum Gasteiger partial charge on any atom is 0.339 e. The van der Waals surface area contributed by atoms with Gasteiger partial charge in [0.2, 0.25) is 0 Å². The highest BCUT2D eigenvalue weighted by atomic mass is 16.5. The number of hydrogen-bond donors (Lipinski definition) is 2. The third kappa shape index (κ3) is 2.14. The molecule has 0 aliphatic heterocycles. The molecular weight excluding hydrogens is 212 g/mol. The molecule has 0 unspecified atom stereocenters. The van der Waals surface area contributed by atoms with Crippen LogP contribution in [-0.2, 0) is 6.54 Å². The number of nitrogens with zero attached hydrogens (tertiary/aromatic N) is 3. The summed E-state index contributed by atoms with van der Waals surface area (Å²) in [6, 6.07) is 3.05. The smallest absolute Gasteiger partial charge is 0.339 e. The molecule has 0 spiro atoms. The van der Waals surface area contributed by atoms with Crippen molar-refractivity contribution >= 4 is 11.8 Å². The Balaban J connectivity index is 2.12. The summed E-state index contributed by atoms with van der Waals surface area (Å²) in [7, 11) is 0. The Morgan fingerprint density at radius 1 is 1.50 bits per heavy atom. The molecule has 82 valence electrons. The van der Waals surface area contributed by atoms with E-state index in [1.54, 1.807) is 6.07 Å². The normalized spacial score (nSPS) is 10.0. The quantitative estimate of drug-likeness (QED) is 0.784. The van der Waals surface area contributed by atoms with Crippen LogP contribution in [0.4, 0.5) is 5.82 Å². The number of aromatic carboxylic acids is 1. The third-order valence-corrected chi connectivity index (χ3v) is 1.88. The topological polar surface area (TPSA) is 101 Å². The first-order valence-corrected chi connectivity index (χ1v) is 4.45. The van der Waals surface area contributed by atoms with Crippen molar-refractivity contribution in [3.63, 3.8) is 0 Å². The average Bonchev–Trinajstić information content (AvgIpc) is 2.79. The van der Waals surface area contributed by atoms with Crippen molar-refractivity contribution in [3.05, 3.63) is 35.9 Å². The summed E-state index contributed by atoms with van der Waals surface area (Å²) in [5.41, 5.74) is 0.723. The lowest BCUT2D eigenvalue weighted by Gasteiger charge is -2.04. The Labute approximate surface area is 90.1 Å². The molecule has 7 heteroatoms. The Kier molecular flexibility index (Phi) is 2.77. The van der Waals surface area contributed by atoms with E-state index >= 15 is 0 Å². The van der Waals surface area contributed by atoms with E-state index in [0.717, 1.165) is 0 Å². The zero-order valence-corrected chi connectivity index (χ0v) is 8.12. The van der Waals surface area contributed by atoms with Crippen LogP contribution in [0.1, 0.15) is 16.1 Å². The number of carboxylic acid groups (broad SMARTS) is 1.